The second-order valence-electron chi connectivity index (χ2n) is 14.6. The number of carbonyl (C=O) groups is 8. The summed E-state index contributed by atoms with van der Waals surface area (Å²) in [5.41, 5.74) is -11.7. The maximum Gasteiger partial charge on any atom is 0.356 e. The number of fused-ring (bicyclic) bond motifs is 4. The number of urea groups is 4. The van der Waals surface area contributed by atoms with Crippen molar-refractivity contribution in [3.05, 3.63) is 71.3 Å². The maximum atomic E-state index is 14.9. The van der Waals surface area contributed by atoms with Crippen LogP contribution in [0.1, 0.15) is 22.8 Å². The van der Waals surface area contributed by atoms with Gasteiger partial charge in [0.2, 0.25) is 0 Å². The molecular weight excluding hydrogens is 768 g/mol. The Kier molecular flexibility index (Phi) is 5.81. The van der Waals surface area contributed by atoms with Crippen molar-refractivity contribution in [1.29, 1.82) is 0 Å². The number of aliphatic carboxylic acids is 4. The largest absolute Gasteiger partial charge is 0.478 e. The number of nitrogens with zero attached hydrogens (tertiary/aromatic N) is 12. The van der Waals surface area contributed by atoms with Crippen molar-refractivity contribution in [3.63, 3.8) is 0 Å². The normalized spacial score (nSPS) is 29.0. The molecule has 0 bridgehead atoms. The van der Waals surface area contributed by atoms with Gasteiger partial charge in [0.15, 0.2) is 0 Å². The van der Waals surface area contributed by atoms with Gasteiger partial charge in [-0.3, -0.25) is 39.2 Å². The molecule has 0 unspecified atom stereocenters. The van der Waals surface area contributed by atoms with Gasteiger partial charge in [0, 0.05) is 0 Å². The molecule has 0 saturated carbocycles. The van der Waals surface area contributed by atoms with Gasteiger partial charge in [-0.05, 0) is 24.3 Å². The minimum Gasteiger partial charge on any atom is -0.478 e. The second-order valence-corrected chi connectivity index (χ2v) is 14.6. The van der Waals surface area contributed by atoms with Crippen LogP contribution in [0.15, 0.2) is 48.5 Å². The fraction of sp³-hybridized carbons (Fsp3) is 0.294. The van der Waals surface area contributed by atoms with Crippen molar-refractivity contribution in [3.8, 4) is 0 Å². The first-order valence-corrected chi connectivity index (χ1v) is 17.5. The number of hydrogen-bond acceptors (Lipinski definition) is 12. The summed E-state index contributed by atoms with van der Waals surface area (Å²) in [4.78, 5) is 138. The highest BCUT2D eigenvalue weighted by Gasteiger charge is 2.92. The molecule has 2 aromatic heterocycles. The number of para-hydroxylation sites is 4. The molecule has 0 aliphatic carbocycles. The SMILES string of the molecule is O=C1N2Cc3nc4ccccc4nc3CN3C(=O)N4CN5C(=O)N6Cc7nc8ccccc8nc7CN7C(=O)N(CN1C4(C(=O)O)C23C(=O)O)C5(C(=O)O)C76C(=O)O. The van der Waals surface area contributed by atoms with Crippen LogP contribution in [0.25, 0.3) is 22.1 Å². The fourth-order valence-corrected chi connectivity index (χ4v) is 10.2. The first kappa shape index (κ1) is 33.4. The molecule has 24 nitrogen and oxygen atoms in total. The maximum absolute atomic E-state index is 14.9. The molecule has 7 aliphatic heterocycles. The van der Waals surface area contributed by atoms with E-state index in [9.17, 15) is 58.8 Å². The Morgan fingerprint density at radius 2 is 0.603 bits per heavy atom. The summed E-state index contributed by atoms with van der Waals surface area (Å²) in [6, 6.07) is 7.40. The van der Waals surface area contributed by atoms with Crippen molar-refractivity contribution >= 4 is 70.1 Å². The molecule has 292 valence electrons. The van der Waals surface area contributed by atoms with Gasteiger partial charge in [-0.15, -0.1) is 0 Å². The van der Waals surface area contributed by atoms with Crippen molar-refractivity contribution in [2.75, 3.05) is 13.3 Å². The van der Waals surface area contributed by atoms with E-state index in [4.69, 9.17) is 0 Å². The lowest BCUT2D eigenvalue weighted by Gasteiger charge is -2.50. The molecule has 2 aromatic carbocycles. The van der Waals surface area contributed by atoms with Crippen LogP contribution in [-0.2, 0) is 45.4 Å². The minimum absolute atomic E-state index is 0.00800. The fourth-order valence-electron chi connectivity index (χ4n) is 10.2. The molecule has 5 saturated heterocycles. The van der Waals surface area contributed by atoms with E-state index >= 15 is 0 Å². The van der Waals surface area contributed by atoms with Crippen molar-refractivity contribution in [2.24, 2.45) is 0 Å². The lowest BCUT2D eigenvalue weighted by Crippen LogP contribution is -2.81. The first-order chi connectivity index (χ1) is 27.7. The number of amides is 8. The summed E-state index contributed by atoms with van der Waals surface area (Å²) >= 11 is 0. The number of benzene rings is 2. The van der Waals surface area contributed by atoms with Gasteiger partial charge >= 0.3 is 48.0 Å². The van der Waals surface area contributed by atoms with Crippen LogP contribution >= 0.6 is 0 Å². The van der Waals surface area contributed by atoms with E-state index in [-0.39, 0.29) is 22.8 Å². The van der Waals surface area contributed by atoms with E-state index in [1.54, 1.807) is 48.5 Å². The molecule has 0 atom stereocenters. The third-order valence-corrected chi connectivity index (χ3v) is 12.4. The Morgan fingerprint density at radius 1 is 0.397 bits per heavy atom. The molecule has 8 amide bonds. The summed E-state index contributed by atoms with van der Waals surface area (Å²) in [5, 5.41) is 45.2. The zero-order valence-electron chi connectivity index (χ0n) is 29.3. The zero-order chi connectivity index (χ0) is 40.6. The summed E-state index contributed by atoms with van der Waals surface area (Å²) in [6.07, 6.45) is 0. The molecule has 0 spiro atoms. The van der Waals surface area contributed by atoms with Gasteiger partial charge in [-0.2, -0.15) is 0 Å². The van der Waals surface area contributed by atoms with E-state index in [1.807, 2.05) is 0 Å². The van der Waals surface area contributed by atoms with Gasteiger partial charge in [0.1, 0.15) is 13.3 Å². The molecule has 7 aliphatic rings. The van der Waals surface area contributed by atoms with Crippen molar-refractivity contribution < 1.29 is 58.8 Å². The van der Waals surface area contributed by atoms with Gasteiger partial charge < -0.3 is 20.4 Å². The summed E-state index contributed by atoms with van der Waals surface area (Å²) < 4.78 is 0. The lowest BCUT2D eigenvalue weighted by molar-refractivity contribution is -0.203. The number of carboxylic acids is 4. The van der Waals surface area contributed by atoms with Gasteiger partial charge in [0.05, 0.1) is 71.0 Å². The predicted octanol–water partition coefficient (Wildman–Crippen LogP) is -0.697. The molecule has 24 heteroatoms. The first-order valence-electron chi connectivity index (χ1n) is 17.5. The van der Waals surface area contributed by atoms with Crippen molar-refractivity contribution in [1.82, 2.24) is 59.1 Å². The van der Waals surface area contributed by atoms with Crippen LogP contribution in [-0.4, -0.2) is 164 Å². The van der Waals surface area contributed by atoms with Crippen LogP contribution < -0.4 is 0 Å². The van der Waals surface area contributed by atoms with Crippen LogP contribution in [0.3, 0.4) is 0 Å². The van der Waals surface area contributed by atoms with E-state index in [0.717, 1.165) is 0 Å². The third kappa shape index (κ3) is 3.15. The molecule has 0 radical (unpaired) electrons. The molecule has 58 heavy (non-hydrogen) atoms. The summed E-state index contributed by atoms with van der Waals surface area (Å²) in [7, 11) is 0. The molecule has 9 heterocycles. The Morgan fingerprint density at radius 3 is 0.810 bits per heavy atom. The highest BCUT2D eigenvalue weighted by Crippen LogP contribution is 2.60. The summed E-state index contributed by atoms with van der Waals surface area (Å²) in [6.45, 7) is -5.80. The van der Waals surface area contributed by atoms with Gasteiger partial charge in [-0.25, -0.2) is 58.3 Å². The number of rotatable bonds is 4. The average molecular weight is 793 g/mol. The molecule has 5 fully saturated rings. The highest BCUT2D eigenvalue weighted by atomic mass is 16.4. The van der Waals surface area contributed by atoms with E-state index in [1.165, 1.54) is 0 Å². The van der Waals surface area contributed by atoms with E-state index in [2.05, 4.69) is 19.9 Å². The van der Waals surface area contributed by atoms with Gasteiger partial charge in [0.25, 0.3) is 22.7 Å². The van der Waals surface area contributed by atoms with Crippen molar-refractivity contribution in [2.45, 2.75) is 48.8 Å². The smallest absolute Gasteiger partial charge is 0.356 e. The Balaban J connectivity index is 1.18. The third-order valence-electron chi connectivity index (χ3n) is 12.4. The Labute approximate surface area is 321 Å². The lowest BCUT2D eigenvalue weighted by atomic mass is 9.88. The summed E-state index contributed by atoms with van der Waals surface area (Å²) in [5.74, 6) is -8.22. The predicted molar refractivity (Wildman–Crippen MR) is 181 cm³/mol. The zero-order valence-corrected chi connectivity index (χ0v) is 29.3. The monoisotopic (exact) mass is 792 g/mol. The van der Waals surface area contributed by atoms with Crippen LogP contribution in [0.5, 0.6) is 0 Å². The Hall–Kier alpha value is -7.92. The number of hydrogen-bond donors (Lipinski definition) is 4. The topological polar surface area (TPSA) is 295 Å². The number of carboxylic acid groups (broad SMARTS) is 4. The van der Waals surface area contributed by atoms with Crippen LogP contribution in [0, 0.1) is 0 Å². The molecular formula is C34H24N12O12. The van der Waals surface area contributed by atoms with E-state index in [0.29, 0.717) is 61.3 Å². The van der Waals surface area contributed by atoms with Crippen LogP contribution in [0.4, 0.5) is 19.2 Å². The highest BCUT2D eigenvalue weighted by molar-refractivity contribution is 6.12. The van der Waals surface area contributed by atoms with Crippen LogP contribution in [0.2, 0.25) is 0 Å². The Bertz CT molecular complexity index is 2440. The van der Waals surface area contributed by atoms with E-state index < -0.39 is 110 Å². The standard InChI is InChI=1S/C34H24N12O12/c47-23(48)31-33(25(51)52)43-13-45-29(57)41-11-21-22(38-18-8-4-3-7-17(18)37-21)12-42-30(58)46(34(45,26(53)54)32(41,42)24(49)50)14-44(33)28(56)40(31)10-20-19(9-39(31)27(43)55)35-15-5-1-2-6-16(15)36-20/h1-8H,9-14H2,(H,47,48)(H,49,50)(H,51,52)(H,53,54). The van der Waals surface area contributed by atoms with Gasteiger partial charge in [-0.1, -0.05) is 24.3 Å². The molecule has 4 aromatic rings. The molecule has 11 rings (SSSR count). The quantitative estimate of drug-likeness (QED) is 0.199. The minimum atomic E-state index is -3.34. The second kappa shape index (κ2) is 10.1. The molecule has 4 N–H and O–H groups in total. The number of aromatic nitrogens is 4. The number of carbonyl (C=O) groups excluding carboxylic acids is 4. The average Bonchev–Trinajstić information content (AvgIpc) is 3.58.